The molecule has 1 amide bonds. The summed E-state index contributed by atoms with van der Waals surface area (Å²) in [6.45, 7) is 3.30. The molecule has 0 fully saturated rings. The zero-order valence-corrected chi connectivity index (χ0v) is 16.2. The lowest BCUT2D eigenvalue weighted by molar-refractivity contribution is -0.121. The Labute approximate surface area is 165 Å². The van der Waals surface area contributed by atoms with Crippen molar-refractivity contribution in [1.82, 2.24) is 5.43 Å². The largest absolute Gasteiger partial charge is 0.507 e. The van der Waals surface area contributed by atoms with Gasteiger partial charge >= 0.3 is 5.63 Å². The van der Waals surface area contributed by atoms with Gasteiger partial charge in [-0.1, -0.05) is 23.2 Å². The first-order valence-electron chi connectivity index (χ1n) is 8.03. The molecule has 2 aromatic rings. The number of aryl methyl sites for hydroxylation is 1. The number of halogens is 2. The van der Waals surface area contributed by atoms with Gasteiger partial charge in [-0.2, -0.15) is 5.10 Å². The number of amides is 1. The van der Waals surface area contributed by atoms with E-state index < -0.39 is 5.63 Å². The molecule has 27 heavy (non-hydrogen) atoms. The fourth-order valence-electron chi connectivity index (χ4n) is 2.19. The Bertz CT molecular complexity index is 924. The van der Waals surface area contributed by atoms with E-state index in [0.29, 0.717) is 22.2 Å². The van der Waals surface area contributed by atoms with Gasteiger partial charge in [-0.25, -0.2) is 10.2 Å². The molecule has 1 aromatic carbocycles. The second kappa shape index (κ2) is 9.43. The van der Waals surface area contributed by atoms with Crippen LogP contribution in [-0.4, -0.2) is 23.3 Å². The Morgan fingerprint density at radius 2 is 2.07 bits per heavy atom. The van der Waals surface area contributed by atoms with Crippen LogP contribution < -0.4 is 15.8 Å². The van der Waals surface area contributed by atoms with E-state index in [1.54, 1.807) is 25.1 Å². The molecule has 9 heteroatoms. The molecule has 1 aromatic heterocycles. The van der Waals surface area contributed by atoms with Crippen LogP contribution in [0.4, 0.5) is 0 Å². The van der Waals surface area contributed by atoms with Crippen LogP contribution in [-0.2, 0) is 4.79 Å². The SMILES string of the molecule is C/C(=N\NC(=O)CCCOc1ccc(Cl)cc1Cl)c1c(O)cc(C)oc1=O. The van der Waals surface area contributed by atoms with E-state index in [1.165, 1.54) is 13.0 Å². The monoisotopic (exact) mass is 412 g/mol. The van der Waals surface area contributed by atoms with Crippen LogP contribution in [0.2, 0.25) is 10.0 Å². The van der Waals surface area contributed by atoms with Gasteiger partial charge in [-0.3, -0.25) is 4.79 Å². The molecule has 0 aliphatic heterocycles. The molecule has 0 atom stereocenters. The Hall–Kier alpha value is -2.51. The van der Waals surface area contributed by atoms with Crippen LogP contribution in [0.15, 0.2) is 38.6 Å². The molecule has 0 unspecified atom stereocenters. The molecular weight excluding hydrogens is 395 g/mol. The second-order valence-electron chi connectivity index (χ2n) is 5.66. The zero-order valence-electron chi connectivity index (χ0n) is 14.7. The molecular formula is C18H18Cl2N2O5. The Kier molecular flexibility index (Phi) is 7.27. The van der Waals surface area contributed by atoms with E-state index in [1.807, 2.05) is 0 Å². The van der Waals surface area contributed by atoms with Crippen LogP contribution in [0, 0.1) is 6.92 Å². The average molecular weight is 413 g/mol. The van der Waals surface area contributed by atoms with E-state index in [9.17, 15) is 14.7 Å². The minimum atomic E-state index is -0.726. The summed E-state index contributed by atoms with van der Waals surface area (Å²) >= 11 is 11.8. The van der Waals surface area contributed by atoms with Crippen LogP contribution in [0.25, 0.3) is 0 Å². The summed E-state index contributed by atoms with van der Waals surface area (Å²) in [6, 6.07) is 6.18. The molecule has 2 N–H and O–H groups in total. The third kappa shape index (κ3) is 6.01. The molecule has 0 aliphatic carbocycles. The van der Waals surface area contributed by atoms with Gasteiger partial charge < -0.3 is 14.3 Å². The highest BCUT2D eigenvalue weighted by molar-refractivity contribution is 6.35. The normalized spacial score (nSPS) is 11.3. The number of benzene rings is 1. The maximum absolute atomic E-state index is 11.8. The number of carbonyl (C=O) groups excluding carboxylic acids is 1. The first kappa shape index (κ1) is 20.8. The molecule has 0 saturated heterocycles. The average Bonchev–Trinajstić information content (AvgIpc) is 2.57. The molecule has 144 valence electrons. The number of ether oxygens (including phenoxy) is 1. The number of rotatable bonds is 7. The minimum Gasteiger partial charge on any atom is -0.507 e. The Morgan fingerprint density at radius 1 is 1.33 bits per heavy atom. The van der Waals surface area contributed by atoms with Gasteiger partial charge in [0.1, 0.15) is 22.8 Å². The minimum absolute atomic E-state index is 0.0957. The van der Waals surface area contributed by atoms with Gasteiger partial charge in [0.15, 0.2) is 0 Å². The lowest BCUT2D eigenvalue weighted by atomic mass is 10.2. The highest BCUT2D eigenvalue weighted by Crippen LogP contribution is 2.27. The van der Waals surface area contributed by atoms with Crippen molar-refractivity contribution in [2.75, 3.05) is 6.61 Å². The fourth-order valence-corrected chi connectivity index (χ4v) is 2.66. The maximum Gasteiger partial charge on any atom is 0.348 e. The number of hydrazone groups is 1. The van der Waals surface area contributed by atoms with Crippen molar-refractivity contribution in [1.29, 1.82) is 0 Å². The van der Waals surface area contributed by atoms with E-state index in [0.717, 1.165) is 0 Å². The lowest BCUT2D eigenvalue weighted by Gasteiger charge is -2.08. The third-order valence-corrected chi connectivity index (χ3v) is 3.99. The summed E-state index contributed by atoms with van der Waals surface area (Å²) < 4.78 is 10.4. The summed E-state index contributed by atoms with van der Waals surface area (Å²) in [4.78, 5) is 23.6. The molecule has 0 spiro atoms. The predicted molar refractivity (Wildman–Crippen MR) is 103 cm³/mol. The smallest absolute Gasteiger partial charge is 0.348 e. The molecule has 0 saturated carbocycles. The van der Waals surface area contributed by atoms with Crippen LogP contribution >= 0.6 is 23.2 Å². The van der Waals surface area contributed by atoms with Crippen LogP contribution in [0.5, 0.6) is 11.5 Å². The van der Waals surface area contributed by atoms with E-state index >= 15 is 0 Å². The van der Waals surface area contributed by atoms with Crippen LogP contribution in [0.3, 0.4) is 0 Å². The van der Waals surface area contributed by atoms with Crippen molar-refractivity contribution in [2.24, 2.45) is 5.10 Å². The number of nitrogens with one attached hydrogen (secondary N) is 1. The van der Waals surface area contributed by atoms with Crippen LogP contribution in [0.1, 0.15) is 31.1 Å². The first-order chi connectivity index (χ1) is 12.8. The summed E-state index contributed by atoms with van der Waals surface area (Å²) in [5.74, 6) is 0.138. The molecule has 0 radical (unpaired) electrons. The standard InChI is InChI=1S/C18H18Cl2N2O5/c1-10-8-14(23)17(18(25)27-10)11(2)21-22-16(24)4-3-7-26-15-6-5-12(19)9-13(15)20/h5-6,8-9,23H,3-4,7H2,1-2H3,(H,22,24)/b21-11+. The fraction of sp³-hybridized carbons (Fsp3) is 0.278. The van der Waals surface area contributed by atoms with Crippen molar-refractivity contribution < 1.29 is 19.1 Å². The number of carbonyl (C=O) groups is 1. The van der Waals surface area contributed by atoms with Gasteiger partial charge in [-0.15, -0.1) is 0 Å². The third-order valence-electron chi connectivity index (χ3n) is 3.46. The lowest BCUT2D eigenvalue weighted by Crippen LogP contribution is -2.22. The van der Waals surface area contributed by atoms with Gasteiger partial charge in [0.2, 0.25) is 5.91 Å². The van der Waals surface area contributed by atoms with Gasteiger partial charge in [0, 0.05) is 17.5 Å². The molecule has 1 heterocycles. The topological polar surface area (TPSA) is 101 Å². The number of hydrogen-bond acceptors (Lipinski definition) is 6. The number of aromatic hydroxyl groups is 1. The van der Waals surface area contributed by atoms with Crippen molar-refractivity contribution >= 4 is 34.8 Å². The summed E-state index contributed by atoms with van der Waals surface area (Å²) in [5, 5.41) is 14.6. The van der Waals surface area contributed by atoms with Gasteiger partial charge in [-0.05, 0) is 38.5 Å². The summed E-state index contributed by atoms with van der Waals surface area (Å²) in [7, 11) is 0. The molecule has 2 rings (SSSR count). The summed E-state index contributed by atoms with van der Waals surface area (Å²) in [5.41, 5.74) is 1.64. The molecule has 0 bridgehead atoms. The second-order valence-corrected chi connectivity index (χ2v) is 6.51. The number of nitrogens with zero attached hydrogens (tertiary/aromatic N) is 1. The summed E-state index contributed by atoms with van der Waals surface area (Å²) in [6.07, 6.45) is 0.577. The highest BCUT2D eigenvalue weighted by Gasteiger charge is 2.13. The highest BCUT2D eigenvalue weighted by atomic mass is 35.5. The van der Waals surface area contributed by atoms with E-state index in [2.05, 4.69) is 10.5 Å². The van der Waals surface area contributed by atoms with E-state index in [-0.39, 0.29) is 41.7 Å². The van der Waals surface area contributed by atoms with Gasteiger partial charge in [0.05, 0.1) is 17.3 Å². The Balaban J connectivity index is 1.84. The molecule has 7 nitrogen and oxygen atoms in total. The number of hydrogen-bond donors (Lipinski definition) is 2. The Morgan fingerprint density at radius 3 is 2.74 bits per heavy atom. The quantitative estimate of drug-likeness (QED) is 0.410. The van der Waals surface area contributed by atoms with Crippen molar-refractivity contribution in [2.45, 2.75) is 26.7 Å². The zero-order chi connectivity index (χ0) is 20.0. The van der Waals surface area contributed by atoms with Crippen molar-refractivity contribution in [3.63, 3.8) is 0 Å². The first-order valence-corrected chi connectivity index (χ1v) is 8.78. The molecule has 0 aliphatic rings. The maximum atomic E-state index is 11.8. The van der Waals surface area contributed by atoms with Crippen molar-refractivity contribution in [3.05, 3.63) is 56.1 Å². The van der Waals surface area contributed by atoms with Crippen molar-refractivity contribution in [3.8, 4) is 11.5 Å². The van der Waals surface area contributed by atoms with Gasteiger partial charge in [0.25, 0.3) is 0 Å². The van der Waals surface area contributed by atoms with E-state index in [4.69, 9.17) is 32.4 Å². The predicted octanol–water partition coefficient (Wildman–Crippen LogP) is 3.66.